The van der Waals surface area contributed by atoms with Gasteiger partial charge in [-0.2, -0.15) is 0 Å². The summed E-state index contributed by atoms with van der Waals surface area (Å²) in [6.45, 7) is 9.21. The predicted molar refractivity (Wildman–Crippen MR) is 101 cm³/mol. The Morgan fingerprint density at radius 2 is 1.92 bits per heavy atom. The molecule has 1 aliphatic heterocycles. The van der Waals surface area contributed by atoms with Crippen LogP contribution in [0.5, 0.6) is 0 Å². The molecule has 0 spiro atoms. The molecule has 0 saturated carbocycles. The number of aryl methyl sites for hydroxylation is 1. The molecule has 5 heteroatoms. The molecule has 1 aromatic rings. The van der Waals surface area contributed by atoms with Crippen LogP contribution in [0, 0.1) is 12.3 Å². The second-order valence-electron chi connectivity index (χ2n) is 8.34. The molecule has 138 valence electrons. The smallest absolute Gasteiger partial charge is 0.247 e. The zero-order valence-electron chi connectivity index (χ0n) is 16.3. The Morgan fingerprint density at radius 1 is 1.24 bits per heavy atom. The lowest BCUT2D eigenvalue weighted by Crippen LogP contribution is -2.47. The molecule has 1 atom stereocenters. The van der Waals surface area contributed by atoms with Gasteiger partial charge >= 0.3 is 0 Å². The number of nitrogens with one attached hydrogen (secondary N) is 1. The van der Waals surface area contributed by atoms with E-state index in [2.05, 4.69) is 16.3 Å². The van der Waals surface area contributed by atoms with Gasteiger partial charge in [0.25, 0.3) is 0 Å². The normalized spacial score (nSPS) is 17.9. The van der Waals surface area contributed by atoms with Crippen LogP contribution in [0.25, 0.3) is 0 Å². The molecular formula is C20H31N3O2. The van der Waals surface area contributed by atoms with Crippen molar-refractivity contribution in [1.29, 1.82) is 0 Å². The van der Waals surface area contributed by atoms with Crippen LogP contribution in [0.2, 0.25) is 0 Å². The van der Waals surface area contributed by atoms with Crippen LogP contribution in [0.4, 0.5) is 5.69 Å². The van der Waals surface area contributed by atoms with E-state index in [0.717, 1.165) is 36.2 Å². The van der Waals surface area contributed by atoms with E-state index in [4.69, 9.17) is 0 Å². The van der Waals surface area contributed by atoms with Gasteiger partial charge in [-0.3, -0.25) is 9.59 Å². The molecule has 0 aliphatic carbocycles. The molecular weight excluding hydrogens is 314 g/mol. The second kappa shape index (κ2) is 7.56. The van der Waals surface area contributed by atoms with E-state index in [-0.39, 0.29) is 17.9 Å². The summed E-state index contributed by atoms with van der Waals surface area (Å²) in [5, 5.41) is 3.02. The van der Waals surface area contributed by atoms with Gasteiger partial charge in [-0.1, -0.05) is 26.8 Å². The fourth-order valence-electron chi connectivity index (χ4n) is 3.33. The monoisotopic (exact) mass is 345 g/mol. The lowest BCUT2D eigenvalue weighted by molar-refractivity contribution is -0.143. The zero-order valence-corrected chi connectivity index (χ0v) is 16.3. The number of benzene rings is 1. The molecule has 1 aromatic carbocycles. The molecule has 1 fully saturated rings. The van der Waals surface area contributed by atoms with Crippen molar-refractivity contribution < 1.29 is 9.59 Å². The number of nitrogens with zero attached hydrogens (tertiary/aromatic N) is 2. The van der Waals surface area contributed by atoms with E-state index < -0.39 is 5.41 Å². The van der Waals surface area contributed by atoms with Gasteiger partial charge in [0.05, 0.1) is 0 Å². The number of hydrogen-bond donors (Lipinski definition) is 1. The van der Waals surface area contributed by atoms with E-state index in [0.29, 0.717) is 6.54 Å². The van der Waals surface area contributed by atoms with Crippen molar-refractivity contribution in [1.82, 2.24) is 9.80 Å². The molecule has 0 radical (unpaired) electrons. The van der Waals surface area contributed by atoms with Gasteiger partial charge in [-0.15, -0.1) is 0 Å². The molecule has 2 rings (SSSR count). The minimum atomic E-state index is -0.467. The Bertz CT molecular complexity index is 647. The highest BCUT2D eigenvalue weighted by molar-refractivity contribution is 5.98. The summed E-state index contributed by atoms with van der Waals surface area (Å²) in [6, 6.07) is 5.74. The highest BCUT2D eigenvalue weighted by Crippen LogP contribution is 2.26. The van der Waals surface area contributed by atoms with Gasteiger partial charge in [0.1, 0.15) is 6.04 Å². The van der Waals surface area contributed by atoms with Crippen LogP contribution in [0.1, 0.15) is 44.7 Å². The minimum Gasteiger partial charge on any atom is -0.330 e. The van der Waals surface area contributed by atoms with Crippen LogP contribution in [0.3, 0.4) is 0 Å². The van der Waals surface area contributed by atoms with Gasteiger partial charge < -0.3 is 15.1 Å². The number of likely N-dealkylation sites (tertiary alicyclic amines) is 1. The molecule has 1 N–H and O–H groups in total. The standard InChI is InChI=1S/C20H31N3O2/c1-14-10-15(13-22(5)6)12-16(11-14)21-18(24)17-8-7-9-23(17)19(25)20(2,3)4/h10-12,17H,7-9,13H2,1-6H3,(H,21,24)/t17-/m1/s1. The summed E-state index contributed by atoms with van der Waals surface area (Å²) in [5.74, 6) is -0.0424. The highest BCUT2D eigenvalue weighted by atomic mass is 16.2. The maximum Gasteiger partial charge on any atom is 0.247 e. The van der Waals surface area contributed by atoms with Crippen LogP contribution < -0.4 is 5.32 Å². The molecule has 5 nitrogen and oxygen atoms in total. The molecule has 0 bridgehead atoms. The summed E-state index contributed by atoms with van der Waals surface area (Å²) in [4.78, 5) is 29.2. The number of anilines is 1. The number of hydrogen-bond acceptors (Lipinski definition) is 3. The maximum atomic E-state index is 12.8. The zero-order chi connectivity index (χ0) is 18.8. The second-order valence-corrected chi connectivity index (χ2v) is 8.34. The van der Waals surface area contributed by atoms with Gasteiger partial charge in [-0.05, 0) is 57.1 Å². The summed E-state index contributed by atoms with van der Waals surface area (Å²) >= 11 is 0. The van der Waals surface area contributed by atoms with Crippen molar-refractivity contribution in [2.75, 3.05) is 26.0 Å². The molecule has 2 amide bonds. The largest absolute Gasteiger partial charge is 0.330 e. The Morgan fingerprint density at radius 3 is 2.52 bits per heavy atom. The van der Waals surface area contributed by atoms with Gasteiger partial charge in [0.2, 0.25) is 11.8 Å². The topological polar surface area (TPSA) is 52.7 Å². The third kappa shape index (κ3) is 5.05. The third-order valence-electron chi connectivity index (χ3n) is 4.36. The molecule has 1 heterocycles. The average Bonchev–Trinajstić information content (AvgIpc) is 2.93. The first-order chi connectivity index (χ1) is 11.6. The van der Waals surface area contributed by atoms with Crippen LogP contribution in [0.15, 0.2) is 18.2 Å². The first kappa shape index (κ1) is 19.4. The molecule has 0 unspecified atom stereocenters. The van der Waals surface area contributed by atoms with Crippen molar-refractivity contribution in [3.05, 3.63) is 29.3 Å². The van der Waals surface area contributed by atoms with Crippen LogP contribution in [-0.4, -0.2) is 48.3 Å². The van der Waals surface area contributed by atoms with Crippen molar-refractivity contribution in [3.8, 4) is 0 Å². The number of amides is 2. The third-order valence-corrected chi connectivity index (χ3v) is 4.36. The van der Waals surface area contributed by atoms with E-state index in [1.165, 1.54) is 0 Å². The van der Waals surface area contributed by atoms with Gasteiger partial charge in [0.15, 0.2) is 0 Å². The van der Waals surface area contributed by atoms with E-state index in [1.807, 2.05) is 53.9 Å². The quantitative estimate of drug-likeness (QED) is 0.912. The summed E-state index contributed by atoms with van der Waals surface area (Å²) < 4.78 is 0. The van der Waals surface area contributed by atoms with Gasteiger partial charge in [-0.25, -0.2) is 0 Å². The van der Waals surface area contributed by atoms with Gasteiger partial charge in [0, 0.05) is 24.2 Å². The summed E-state index contributed by atoms with van der Waals surface area (Å²) in [7, 11) is 4.05. The molecule has 0 aromatic heterocycles. The maximum absolute atomic E-state index is 12.8. The Kier molecular flexibility index (Phi) is 5.88. The Balaban J connectivity index is 2.13. The first-order valence-corrected chi connectivity index (χ1v) is 8.95. The predicted octanol–water partition coefficient (Wildman–Crippen LogP) is 3.03. The van der Waals surface area contributed by atoms with E-state index in [9.17, 15) is 9.59 Å². The Labute approximate surface area is 151 Å². The number of carbonyl (C=O) groups excluding carboxylic acids is 2. The van der Waals surface area contributed by atoms with Crippen LogP contribution in [-0.2, 0) is 16.1 Å². The SMILES string of the molecule is Cc1cc(CN(C)C)cc(NC(=O)[C@H]2CCCN2C(=O)C(C)(C)C)c1. The summed E-state index contributed by atoms with van der Waals surface area (Å²) in [6.07, 6.45) is 1.60. The summed E-state index contributed by atoms with van der Waals surface area (Å²) in [5.41, 5.74) is 2.61. The van der Waals surface area contributed by atoms with Crippen molar-refractivity contribution in [2.24, 2.45) is 5.41 Å². The van der Waals surface area contributed by atoms with Crippen molar-refractivity contribution in [2.45, 2.75) is 53.1 Å². The highest BCUT2D eigenvalue weighted by Gasteiger charge is 2.38. The number of carbonyl (C=O) groups is 2. The van der Waals surface area contributed by atoms with E-state index >= 15 is 0 Å². The molecule has 1 saturated heterocycles. The fraction of sp³-hybridized carbons (Fsp3) is 0.600. The van der Waals surface area contributed by atoms with Crippen molar-refractivity contribution >= 4 is 17.5 Å². The fourth-order valence-corrected chi connectivity index (χ4v) is 3.33. The first-order valence-electron chi connectivity index (χ1n) is 8.95. The number of rotatable bonds is 4. The van der Waals surface area contributed by atoms with Crippen molar-refractivity contribution in [3.63, 3.8) is 0 Å². The lowest BCUT2D eigenvalue weighted by Gasteiger charge is -2.30. The lowest BCUT2D eigenvalue weighted by atomic mass is 9.94. The average molecular weight is 345 g/mol. The van der Waals surface area contributed by atoms with Crippen LogP contribution >= 0.6 is 0 Å². The minimum absolute atomic E-state index is 0.0442. The Hall–Kier alpha value is -1.88. The molecule has 1 aliphatic rings. The molecule has 25 heavy (non-hydrogen) atoms. The van der Waals surface area contributed by atoms with E-state index in [1.54, 1.807) is 4.90 Å².